The Kier molecular flexibility index (Phi) is 5.03. The fraction of sp³-hybridized carbons (Fsp3) is 0.233. The molecule has 0 radical (unpaired) electrons. The molecular weight excluding hydrogens is 468 g/mol. The van der Waals surface area contributed by atoms with Crippen molar-refractivity contribution in [3.05, 3.63) is 99.4 Å². The van der Waals surface area contributed by atoms with Crippen molar-refractivity contribution in [1.29, 1.82) is 0 Å². The number of thiophene rings is 1. The number of hydrogen-bond donors (Lipinski definition) is 1. The number of para-hydroxylation sites is 1. The topological polar surface area (TPSA) is 54.6 Å². The number of nitrogens with zero attached hydrogens (tertiary/aromatic N) is 1. The van der Waals surface area contributed by atoms with Gasteiger partial charge in [-0.2, -0.15) is 0 Å². The first-order chi connectivity index (χ1) is 17.7. The van der Waals surface area contributed by atoms with Gasteiger partial charge in [0.05, 0.1) is 10.9 Å². The number of allylic oxidation sites excluding steroid dienone is 4. The van der Waals surface area contributed by atoms with Crippen LogP contribution in [-0.4, -0.2) is 29.1 Å². The van der Waals surface area contributed by atoms with Crippen molar-refractivity contribution in [2.75, 3.05) is 13.3 Å². The van der Waals surface area contributed by atoms with E-state index in [9.17, 15) is 4.79 Å². The molecule has 6 heteroatoms. The van der Waals surface area contributed by atoms with Gasteiger partial charge in [-0.25, -0.2) is 0 Å². The number of rotatable bonds is 3. The molecule has 0 bridgehead atoms. The third-order valence-electron chi connectivity index (χ3n) is 7.42. The van der Waals surface area contributed by atoms with E-state index >= 15 is 0 Å². The number of carbonyl (C=O) groups excluding carboxylic acids is 1. The number of benzene rings is 2. The van der Waals surface area contributed by atoms with Crippen molar-refractivity contribution in [2.45, 2.75) is 25.8 Å². The van der Waals surface area contributed by atoms with Gasteiger partial charge in [-0.1, -0.05) is 49.4 Å². The largest absolute Gasteiger partial charge is 0.454 e. The SMILES string of the molecule is CC1C=CC=C(c2ccc(C(=O)N3CCc4c([nH]c5ccccc45)C3c3ccc4c(c3)OCO4)s2)C1. The van der Waals surface area contributed by atoms with Gasteiger partial charge < -0.3 is 19.4 Å². The number of amides is 1. The van der Waals surface area contributed by atoms with Gasteiger partial charge in [-0.15, -0.1) is 11.3 Å². The number of ether oxygens (including phenoxy) is 2. The Morgan fingerprint density at radius 2 is 1.97 bits per heavy atom. The zero-order valence-corrected chi connectivity index (χ0v) is 20.8. The van der Waals surface area contributed by atoms with Crippen LogP contribution in [0.15, 0.2) is 72.8 Å². The Labute approximate surface area is 213 Å². The van der Waals surface area contributed by atoms with Crippen LogP contribution in [0.2, 0.25) is 0 Å². The zero-order valence-electron chi connectivity index (χ0n) is 20.0. The molecule has 0 spiro atoms. The molecule has 3 aliphatic rings. The molecule has 0 saturated heterocycles. The Morgan fingerprint density at radius 1 is 1.08 bits per heavy atom. The van der Waals surface area contributed by atoms with Crippen LogP contribution in [0.4, 0.5) is 0 Å². The van der Waals surface area contributed by atoms with Gasteiger partial charge in [0.15, 0.2) is 11.5 Å². The fourth-order valence-electron chi connectivity index (χ4n) is 5.68. The Bertz CT molecular complexity index is 1560. The number of fused-ring (bicyclic) bond motifs is 4. The third-order valence-corrected chi connectivity index (χ3v) is 8.57. The molecular formula is C30H26N2O3S. The summed E-state index contributed by atoms with van der Waals surface area (Å²) < 4.78 is 11.2. The molecule has 5 nitrogen and oxygen atoms in total. The molecule has 36 heavy (non-hydrogen) atoms. The van der Waals surface area contributed by atoms with Gasteiger partial charge in [0.2, 0.25) is 6.79 Å². The molecule has 0 saturated carbocycles. The van der Waals surface area contributed by atoms with E-state index in [1.807, 2.05) is 29.2 Å². The highest BCUT2D eigenvalue weighted by Gasteiger charge is 2.36. The van der Waals surface area contributed by atoms with Crippen LogP contribution < -0.4 is 9.47 Å². The summed E-state index contributed by atoms with van der Waals surface area (Å²) in [6.45, 7) is 3.11. The molecule has 2 atom stereocenters. The van der Waals surface area contributed by atoms with Gasteiger partial charge in [0, 0.05) is 28.0 Å². The summed E-state index contributed by atoms with van der Waals surface area (Å²) in [5.41, 5.74) is 5.80. The highest BCUT2D eigenvalue weighted by molar-refractivity contribution is 7.15. The Balaban J connectivity index is 1.30. The quantitative estimate of drug-likeness (QED) is 0.344. The van der Waals surface area contributed by atoms with Crippen LogP contribution >= 0.6 is 11.3 Å². The van der Waals surface area contributed by atoms with Crippen molar-refractivity contribution in [1.82, 2.24) is 9.88 Å². The van der Waals surface area contributed by atoms with Crippen molar-refractivity contribution < 1.29 is 14.3 Å². The van der Waals surface area contributed by atoms with E-state index in [1.54, 1.807) is 11.3 Å². The number of H-pyrrole nitrogens is 1. The van der Waals surface area contributed by atoms with Crippen molar-refractivity contribution in [2.24, 2.45) is 5.92 Å². The van der Waals surface area contributed by atoms with Gasteiger partial charge >= 0.3 is 0 Å². The average molecular weight is 495 g/mol. The lowest BCUT2D eigenvalue weighted by Gasteiger charge is -2.36. The summed E-state index contributed by atoms with van der Waals surface area (Å²) in [5, 5.41) is 1.23. The maximum Gasteiger partial charge on any atom is 0.264 e. The number of nitrogens with one attached hydrogen (secondary N) is 1. The predicted octanol–water partition coefficient (Wildman–Crippen LogP) is 6.73. The monoisotopic (exact) mass is 494 g/mol. The van der Waals surface area contributed by atoms with Crippen molar-refractivity contribution in [3.8, 4) is 11.5 Å². The lowest BCUT2D eigenvalue weighted by Crippen LogP contribution is -2.40. The van der Waals surface area contributed by atoms with Crippen LogP contribution in [0.1, 0.15) is 50.8 Å². The van der Waals surface area contributed by atoms with E-state index in [-0.39, 0.29) is 18.7 Å². The Hall–Kier alpha value is -3.77. The number of hydrogen-bond acceptors (Lipinski definition) is 4. The third kappa shape index (κ3) is 3.47. The number of carbonyl (C=O) groups is 1. The molecule has 180 valence electrons. The second kappa shape index (κ2) is 8.42. The first-order valence-corrected chi connectivity index (χ1v) is 13.2. The van der Waals surface area contributed by atoms with E-state index in [1.165, 1.54) is 21.4 Å². The lowest BCUT2D eigenvalue weighted by molar-refractivity contribution is 0.0696. The number of aromatic amines is 1. The smallest absolute Gasteiger partial charge is 0.264 e. The molecule has 4 aromatic rings. The minimum atomic E-state index is -0.231. The summed E-state index contributed by atoms with van der Waals surface area (Å²) in [5.74, 6) is 2.06. The van der Waals surface area contributed by atoms with E-state index < -0.39 is 0 Å². The highest BCUT2D eigenvalue weighted by Crippen LogP contribution is 2.43. The lowest BCUT2D eigenvalue weighted by atomic mass is 9.92. The zero-order chi connectivity index (χ0) is 24.2. The summed E-state index contributed by atoms with van der Waals surface area (Å²) in [7, 11) is 0. The second-order valence-corrected chi connectivity index (χ2v) is 10.8. The molecule has 1 N–H and O–H groups in total. The molecule has 0 fully saturated rings. The van der Waals surface area contributed by atoms with Crippen molar-refractivity contribution in [3.63, 3.8) is 0 Å². The normalized spacial score (nSPS) is 20.5. The summed E-state index contributed by atoms with van der Waals surface area (Å²) in [6.07, 6.45) is 8.35. The molecule has 1 aliphatic carbocycles. The first-order valence-electron chi connectivity index (χ1n) is 12.4. The van der Waals surface area contributed by atoms with Gasteiger partial charge in [0.1, 0.15) is 0 Å². The first kappa shape index (κ1) is 21.5. The van der Waals surface area contributed by atoms with Crippen LogP contribution in [0, 0.1) is 5.92 Å². The average Bonchev–Trinajstić information content (AvgIpc) is 3.65. The minimum Gasteiger partial charge on any atom is -0.454 e. The van der Waals surface area contributed by atoms with E-state index in [0.29, 0.717) is 12.5 Å². The van der Waals surface area contributed by atoms with Gasteiger partial charge in [-0.3, -0.25) is 4.79 Å². The molecule has 2 aliphatic heterocycles. The van der Waals surface area contributed by atoms with Crippen molar-refractivity contribution >= 4 is 33.7 Å². The molecule has 1 amide bonds. The van der Waals surface area contributed by atoms with E-state index in [2.05, 4.69) is 60.5 Å². The molecule has 4 heterocycles. The second-order valence-electron chi connectivity index (χ2n) is 9.75. The summed E-state index contributed by atoms with van der Waals surface area (Å²) >= 11 is 1.60. The van der Waals surface area contributed by atoms with Crippen LogP contribution in [0.5, 0.6) is 11.5 Å². The predicted molar refractivity (Wildman–Crippen MR) is 143 cm³/mol. The summed E-state index contributed by atoms with van der Waals surface area (Å²) in [6, 6.07) is 18.3. The Morgan fingerprint density at radius 3 is 2.89 bits per heavy atom. The molecule has 2 unspecified atom stereocenters. The van der Waals surface area contributed by atoms with Crippen LogP contribution in [-0.2, 0) is 6.42 Å². The fourth-order valence-corrected chi connectivity index (χ4v) is 6.68. The highest BCUT2D eigenvalue weighted by atomic mass is 32.1. The van der Waals surface area contributed by atoms with Crippen LogP contribution in [0.3, 0.4) is 0 Å². The van der Waals surface area contributed by atoms with Gasteiger partial charge in [0.25, 0.3) is 5.91 Å². The number of aromatic nitrogens is 1. The van der Waals surface area contributed by atoms with E-state index in [0.717, 1.165) is 46.0 Å². The summed E-state index contributed by atoms with van der Waals surface area (Å²) in [4.78, 5) is 21.7. The molecule has 2 aromatic heterocycles. The molecule has 7 rings (SSSR count). The van der Waals surface area contributed by atoms with E-state index in [4.69, 9.17) is 9.47 Å². The maximum absolute atomic E-state index is 14.0. The standard InChI is InChI=1S/C30H26N2O3S/c1-18-5-4-6-19(15-18)26-11-12-27(36-26)30(33)32-14-13-22-21-7-2-3-8-23(21)31-28(22)29(32)20-9-10-24-25(16-20)35-17-34-24/h2-12,16,18,29,31H,13-15,17H2,1H3. The van der Waals surface area contributed by atoms with Gasteiger partial charge in [-0.05, 0) is 65.8 Å². The maximum atomic E-state index is 14.0. The van der Waals surface area contributed by atoms with Crippen LogP contribution in [0.25, 0.3) is 16.5 Å². The molecule has 2 aromatic carbocycles. The minimum absolute atomic E-state index is 0.0678.